The second kappa shape index (κ2) is 8.14. The number of anilines is 1. The van der Waals surface area contributed by atoms with E-state index in [1.165, 1.54) is 11.8 Å². The van der Waals surface area contributed by atoms with Crippen LogP contribution in [-0.2, 0) is 11.3 Å². The highest BCUT2D eigenvalue weighted by atomic mass is 35.5. The quantitative estimate of drug-likeness (QED) is 0.597. The molecule has 138 valence electrons. The fraction of sp³-hybridized carbons (Fsp3) is 0.389. The number of carbonyl (C=O) groups excluding carboxylic acids is 1. The van der Waals surface area contributed by atoms with E-state index < -0.39 is 0 Å². The molecule has 0 bridgehead atoms. The molecule has 0 unspecified atom stereocenters. The molecule has 8 heteroatoms. The van der Waals surface area contributed by atoms with Gasteiger partial charge in [-0.2, -0.15) is 5.10 Å². The van der Waals surface area contributed by atoms with Crippen LogP contribution >= 0.6 is 23.4 Å². The molecule has 2 aromatic heterocycles. The molecule has 0 atom stereocenters. The van der Waals surface area contributed by atoms with Crippen LogP contribution in [0.4, 0.5) is 5.82 Å². The maximum atomic E-state index is 12.4. The molecule has 6 nitrogen and oxygen atoms in total. The van der Waals surface area contributed by atoms with Crippen LogP contribution < -0.4 is 5.32 Å². The van der Waals surface area contributed by atoms with Gasteiger partial charge in [0.25, 0.3) is 0 Å². The summed E-state index contributed by atoms with van der Waals surface area (Å²) in [7, 11) is 0. The van der Waals surface area contributed by atoms with Crippen LogP contribution in [0.25, 0.3) is 11.0 Å². The predicted molar refractivity (Wildman–Crippen MR) is 107 cm³/mol. The standard InChI is InChI=1S/C18H22ClN5OS/c1-4-9-23-15-6-5-13(19)10-14(15)21-18(23)26-11-17(25)22-16-7-8-20-24(16)12(2)3/h5-8,10,12H,4,9,11H2,1-3H3,(H,22,25). The molecular weight excluding hydrogens is 370 g/mol. The van der Waals surface area contributed by atoms with Crippen LogP contribution in [0.5, 0.6) is 0 Å². The molecule has 0 fully saturated rings. The van der Waals surface area contributed by atoms with E-state index in [4.69, 9.17) is 11.6 Å². The van der Waals surface area contributed by atoms with Gasteiger partial charge in [0.15, 0.2) is 5.16 Å². The minimum absolute atomic E-state index is 0.0782. The van der Waals surface area contributed by atoms with Crippen LogP contribution in [0.1, 0.15) is 33.2 Å². The SMILES string of the molecule is CCCn1c(SCC(=O)Nc2ccnn2C(C)C)nc2cc(Cl)ccc21. The third-order valence-electron chi connectivity index (χ3n) is 3.88. The maximum absolute atomic E-state index is 12.4. The topological polar surface area (TPSA) is 64.7 Å². The molecule has 0 radical (unpaired) electrons. The molecule has 0 saturated heterocycles. The van der Waals surface area contributed by atoms with E-state index in [9.17, 15) is 4.79 Å². The number of amides is 1. The number of hydrogen-bond donors (Lipinski definition) is 1. The Morgan fingerprint density at radius 3 is 2.88 bits per heavy atom. The number of carbonyl (C=O) groups is 1. The Kier molecular flexibility index (Phi) is 5.88. The van der Waals surface area contributed by atoms with Crippen molar-refractivity contribution >= 4 is 46.1 Å². The zero-order valence-corrected chi connectivity index (χ0v) is 16.6. The third-order valence-corrected chi connectivity index (χ3v) is 5.09. The fourth-order valence-electron chi connectivity index (χ4n) is 2.76. The van der Waals surface area contributed by atoms with E-state index >= 15 is 0 Å². The van der Waals surface area contributed by atoms with E-state index in [1.54, 1.807) is 16.9 Å². The molecule has 0 spiro atoms. The number of imidazole rings is 1. The van der Waals surface area contributed by atoms with Gasteiger partial charge in [-0.1, -0.05) is 30.3 Å². The lowest BCUT2D eigenvalue weighted by Crippen LogP contribution is -2.18. The first kappa shape index (κ1) is 18.8. The zero-order valence-electron chi connectivity index (χ0n) is 15.1. The number of aryl methyl sites for hydroxylation is 1. The Morgan fingerprint density at radius 1 is 1.35 bits per heavy atom. The van der Waals surface area contributed by atoms with Gasteiger partial charge >= 0.3 is 0 Å². The molecule has 0 aliphatic carbocycles. The number of thioether (sulfide) groups is 1. The largest absolute Gasteiger partial charge is 0.319 e. The van der Waals surface area contributed by atoms with Gasteiger partial charge in [-0.25, -0.2) is 9.67 Å². The summed E-state index contributed by atoms with van der Waals surface area (Å²) in [4.78, 5) is 17.0. The number of rotatable bonds is 7. The summed E-state index contributed by atoms with van der Waals surface area (Å²) in [5.41, 5.74) is 1.89. The predicted octanol–water partition coefficient (Wildman–Crippen LogP) is 4.61. The average molecular weight is 392 g/mol. The second-order valence-corrected chi connectivity index (χ2v) is 7.65. The lowest BCUT2D eigenvalue weighted by Gasteiger charge is -2.12. The van der Waals surface area contributed by atoms with Gasteiger partial charge < -0.3 is 9.88 Å². The van der Waals surface area contributed by atoms with E-state index in [0.717, 1.165) is 29.2 Å². The van der Waals surface area contributed by atoms with Gasteiger partial charge in [-0.15, -0.1) is 0 Å². The van der Waals surface area contributed by atoms with Crippen molar-refractivity contribution in [3.05, 3.63) is 35.5 Å². The van der Waals surface area contributed by atoms with Crippen molar-refractivity contribution in [3.63, 3.8) is 0 Å². The van der Waals surface area contributed by atoms with Crippen molar-refractivity contribution in [2.75, 3.05) is 11.1 Å². The summed E-state index contributed by atoms with van der Waals surface area (Å²) in [6, 6.07) is 7.69. The minimum atomic E-state index is -0.0782. The highest BCUT2D eigenvalue weighted by molar-refractivity contribution is 7.99. The molecule has 1 amide bonds. The van der Waals surface area contributed by atoms with Gasteiger partial charge in [0, 0.05) is 23.7 Å². The summed E-state index contributed by atoms with van der Waals surface area (Å²) in [5.74, 6) is 0.911. The van der Waals surface area contributed by atoms with Gasteiger partial charge in [0.1, 0.15) is 5.82 Å². The molecule has 0 saturated carbocycles. The molecule has 26 heavy (non-hydrogen) atoms. The Hall–Kier alpha value is -1.99. The Balaban J connectivity index is 1.73. The number of aromatic nitrogens is 4. The van der Waals surface area contributed by atoms with Crippen molar-refractivity contribution in [2.24, 2.45) is 0 Å². The van der Waals surface area contributed by atoms with E-state index in [1.807, 2.05) is 32.0 Å². The number of nitrogens with one attached hydrogen (secondary N) is 1. The molecule has 0 aliphatic heterocycles. The summed E-state index contributed by atoms with van der Waals surface area (Å²) in [5, 5.41) is 8.64. The van der Waals surface area contributed by atoms with Crippen molar-refractivity contribution in [2.45, 2.75) is 44.9 Å². The van der Waals surface area contributed by atoms with Gasteiger partial charge in [0.05, 0.1) is 23.0 Å². The highest BCUT2D eigenvalue weighted by Gasteiger charge is 2.14. The van der Waals surface area contributed by atoms with Crippen LogP contribution in [0.15, 0.2) is 35.6 Å². The van der Waals surface area contributed by atoms with E-state index in [2.05, 4.69) is 26.9 Å². The molecule has 2 heterocycles. The van der Waals surface area contributed by atoms with Crippen LogP contribution in [0.2, 0.25) is 5.02 Å². The minimum Gasteiger partial charge on any atom is -0.319 e. The van der Waals surface area contributed by atoms with Crippen LogP contribution in [0.3, 0.4) is 0 Å². The first-order chi connectivity index (χ1) is 12.5. The summed E-state index contributed by atoms with van der Waals surface area (Å²) in [6.07, 6.45) is 2.68. The Bertz CT molecular complexity index is 918. The van der Waals surface area contributed by atoms with Crippen LogP contribution in [0, 0.1) is 0 Å². The summed E-state index contributed by atoms with van der Waals surface area (Å²) >= 11 is 7.51. The van der Waals surface area contributed by atoms with Crippen molar-refractivity contribution in [1.29, 1.82) is 0 Å². The number of halogens is 1. The fourth-order valence-corrected chi connectivity index (χ4v) is 3.77. The molecule has 1 aromatic carbocycles. The Labute approximate surface area is 161 Å². The average Bonchev–Trinajstić information content (AvgIpc) is 3.18. The third kappa shape index (κ3) is 4.04. The monoisotopic (exact) mass is 391 g/mol. The summed E-state index contributed by atoms with van der Waals surface area (Å²) in [6.45, 7) is 7.02. The van der Waals surface area contributed by atoms with Crippen LogP contribution in [-0.4, -0.2) is 31.0 Å². The smallest absolute Gasteiger partial charge is 0.235 e. The maximum Gasteiger partial charge on any atom is 0.235 e. The first-order valence-electron chi connectivity index (χ1n) is 8.61. The zero-order chi connectivity index (χ0) is 18.7. The molecule has 1 N–H and O–H groups in total. The Morgan fingerprint density at radius 2 is 2.15 bits per heavy atom. The molecular formula is C18H22ClN5OS. The second-order valence-electron chi connectivity index (χ2n) is 6.27. The van der Waals surface area contributed by atoms with E-state index in [0.29, 0.717) is 10.8 Å². The number of fused-ring (bicyclic) bond motifs is 1. The number of benzene rings is 1. The van der Waals surface area contributed by atoms with Crippen molar-refractivity contribution < 1.29 is 4.79 Å². The van der Waals surface area contributed by atoms with Gasteiger partial charge in [0.2, 0.25) is 5.91 Å². The van der Waals surface area contributed by atoms with E-state index in [-0.39, 0.29) is 17.7 Å². The van der Waals surface area contributed by atoms with Gasteiger partial charge in [-0.05, 0) is 38.5 Å². The molecule has 3 aromatic rings. The van der Waals surface area contributed by atoms with Crippen molar-refractivity contribution in [3.8, 4) is 0 Å². The number of hydrogen-bond acceptors (Lipinski definition) is 4. The number of nitrogens with zero attached hydrogens (tertiary/aromatic N) is 4. The lowest BCUT2D eigenvalue weighted by molar-refractivity contribution is -0.113. The van der Waals surface area contributed by atoms with Crippen molar-refractivity contribution in [1.82, 2.24) is 19.3 Å². The highest BCUT2D eigenvalue weighted by Crippen LogP contribution is 2.27. The first-order valence-corrected chi connectivity index (χ1v) is 9.98. The molecule has 3 rings (SSSR count). The normalized spacial score (nSPS) is 11.4. The molecule has 0 aliphatic rings. The summed E-state index contributed by atoms with van der Waals surface area (Å²) < 4.78 is 3.93. The van der Waals surface area contributed by atoms with Gasteiger partial charge in [-0.3, -0.25) is 4.79 Å². The lowest BCUT2D eigenvalue weighted by atomic mass is 10.3.